The van der Waals surface area contributed by atoms with E-state index in [0.717, 1.165) is 12.8 Å². The summed E-state index contributed by atoms with van der Waals surface area (Å²) in [7, 11) is 0. The van der Waals surface area contributed by atoms with E-state index in [1.807, 2.05) is 0 Å². The third kappa shape index (κ3) is 4.77. The van der Waals surface area contributed by atoms with Crippen LogP contribution in [0.2, 0.25) is 0 Å². The van der Waals surface area contributed by atoms with E-state index in [4.69, 9.17) is 19.7 Å². The smallest absolute Gasteiger partial charge is 0.244 e. The Labute approximate surface area is 163 Å². The molecule has 2 aliphatic rings. The Morgan fingerprint density at radius 3 is 2.63 bits per heavy atom. The molecule has 1 aliphatic heterocycles. The molecule has 2 aromatic rings. The molecule has 1 saturated heterocycles. The first-order valence-electron chi connectivity index (χ1n) is 8.86. The maximum atomic E-state index is 12.4. The maximum absolute atomic E-state index is 12.4. The average molecular weight is 395 g/mol. The summed E-state index contributed by atoms with van der Waals surface area (Å²) in [4.78, 5) is 16.7. The molecule has 9 heteroatoms. The summed E-state index contributed by atoms with van der Waals surface area (Å²) in [6, 6.07) is 7.12. The second-order valence-corrected chi connectivity index (χ2v) is 6.86. The van der Waals surface area contributed by atoms with Crippen molar-refractivity contribution in [3.8, 4) is 5.75 Å². The van der Waals surface area contributed by atoms with Gasteiger partial charge in [0, 0.05) is 24.8 Å². The molecule has 1 aromatic heterocycles. The highest BCUT2D eigenvalue weighted by Gasteiger charge is 2.35. The fraction of sp³-hybridized carbons (Fsp3) is 0.500. The van der Waals surface area contributed by atoms with E-state index in [-0.39, 0.29) is 24.9 Å². The zero-order valence-corrected chi connectivity index (χ0v) is 15.7. The minimum Gasteiger partial charge on any atom is -0.485 e. The van der Waals surface area contributed by atoms with Gasteiger partial charge in [-0.2, -0.15) is 4.98 Å². The lowest BCUT2D eigenvalue weighted by molar-refractivity contribution is -0.124. The topological polar surface area (TPSA) is 113 Å². The van der Waals surface area contributed by atoms with Crippen LogP contribution in [0.1, 0.15) is 43.3 Å². The monoisotopic (exact) mass is 394 g/mol. The van der Waals surface area contributed by atoms with Gasteiger partial charge in [-0.25, -0.2) is 0 Å². The number of hydrogen-bond acceptors (Lipinski definition) is 7. The molecule has 146 valence electrons. The molecule has 2 heterocycles. The number of carbonyl (C=O) groups is 1. The van der Waals surface area contributed by atoms with Gasteiger partial charge >= 0.3 is 0 Å². The summed E-state index contributed by atoms with van der Waals surface area (Å²) in [5, 5.41) is 6.78. The van der Waals surface area contributed by atoms with Crippen molar-refractivity contribution in [1.29, 1.82) is 0 Å². The number of nitrogens with zero attached hydrogens (tertiary/aromatic N) is 2. The first-order chi connectivity index (χ1) is 12.6. The van der Waals surface area contributed by atoms with Gasteiger partial charge in [0.2, 0.25) is 17.6 Å². The maximum Gasteiger partial charge on any atom is 0.244 e. The molecule has 0 unspecified atom stereocenters. The van der Waals surface area contributed by atoms with Crippen LogP contribution in [0.25, 0.3) is 0 Å². The number of nitrogens with one attached hydrogen (secondary N) is 1. The Morgan fingerprint density at radius 2 is 1.96 bits per heavy atom. The van der Waals surface area contributed by atoms with Crippen molar-refractivity contribution in [2.45, 2.75) is 43.7 Å². The van der Waals surface area contributed by atoms with Gasteiger partial charge < -0.3 is 25.0 Å². The van der Waals surface area contributed by atoms with Crippen LogP contribution < -0.4 is 15.8 Å². The molecule has 4 rings (SSSR count). The van der Waals surface area contributed by atoms with Crippen molar-refractivity contribution >= 4 is 24.0 Å². The second kappa shape index (κ2) is 8.24. The predicted molar refractivity (Wildman–Crippen MR) is 99.9 cm³/mol. The summed E-state index contributed by atoms with van der Waals surface area (Å²) in [5.41, 5.74) is 5.99. The van der Waals surface area contributed by atoms with E-state index in [2.05, 4.69) is 15.5 Å². The molecule has 2 fully saturated rings. The number of anilines is 1. The zero-order valence-electron chi connectivity index (χ0n) is 14.8. The molecule has 27 heavy (non-hydrogen) atoms. The van der Waals surface area contributed by atoms with E-state index in [0.29, 0.717) is 55.1 Å². The summed E-state index contributed by atoms with van der Waals surface area (Å²) in [5.74, 6) is 2.14. The van der Waals surface area contributed by atoms with E-state index in [1.54, 1.807) is 24.3 Å². The van der Waals surface area contributed by atoms with E-state index in [1.165, 1.54) is 0 Å². The van der Waals surface area contributed by atoms with Gasteiger partial charge in [0.25, 0.3) is 0 Å². The molecule has 0 spiro atoms. The molecule has 1 saturated carbocycles. The van der Waals surface area contributed by atoms with Crippen molar-refractivity contribution in [2.24, 2.45) is 5.73 Å². The minimum atomic E-state index is -0.870. The molecule has 3 N–H and O–H groups in total. The number of nitrogens with two attached hydrogens (primary N) is 1. The third-order valence-electron chi connectivity index (χ3n) is 4.73. The van der Waals surface area contributed by atoms with Gasteiger partial charge in [0.1, 0.15) is 11.3 Å². The molecule has 8 nitrogen and oxygen atoms in total. The average Bonchev–Trinajstić information content (AvgIpc) is 3.40. The Kier molecular flexibility index (Phi) is 5.98. The van der Waals surface area contributed by atoms with Gasteiger partial charge in [-0.05, 0) is 49.9 Å². The number of aromatic nitrogens is 2. The van der Waals surface area contributed by atoms with Crippen LogP contribution in [0, 0.1) is 0 Å². The van der Waals surface area contributed by atoms with Gasteiger partial charge in [-0.3, -0.25) is 4.79 Å². The van der Waals surface area contributed by atoms with Crippen LogP contribution >= 0.6 is 12.4 Å². The highest BCUT2D eigenvalue weighted by atomic mass is 35.5. The first-order valence-corrected chi connectivity index (χ1v) is 8.86. The lowest BCUT2D eigenvalue weighted by Gasteiger charge is -2.31. The highest BCUT2D eigenvalue weighted by Crippen LogP contribution is 2.38. The number of benzene rings is 1. The summed E-state index contributed by atoms with van der Waals surface area (Å²) in [6.07, 6.45) is 3.28. The van der Waals surface area contributed by atoms with Crippen molar-refractivity contribution < 1.29 is 18.8 Å². The Balaban J connectivity index is 0.00000210. The van der Waals surface area contributed by atoms with Crippen LogP contribution in [0.15, 0.2) is 28.8 Å². The van der Waals surface area contributed by atoms with Crippen LogP contribution in [0.3, 0.4) is 0 Å². The normalized spacial score (nSPS) is 18.4. The van der Waals surface area contributed by atoms with Crippen molar-refractivity contribution in [3.63, 3.8) is 0 Å². The first kappa shape index (κ1) is 19.6. The minimum absolute atomic E-state index is 0. The van der Waals surface area contributed by atoms with Gasteiger partial charge in [0.05, 0.1) is 0 Å². The van der Waals surface area contributed by atoms with Crippen LogP contribution in [0.5, 0.6) is 5.75 Å². The lowest BCUT2D eigenvalue weighted by Crippen LogP contribution is -2.54. The molecule has 1 aromatic carbocycles. The lowest BCUT2D eigenvalue weighted by atomic mass is 9.90. The summed E-state index contributed by atoms with van der Waals surface area (Å²) in [6.45, 7) is 1.26. The molecule has 0 atom stereocenters. The molecule has 0 radical (unpaired) electrons. The van der Waals surface area contributed by atoms with E-state index < -0.39 is 5.54 Å². The van der Waals surface area contributed by atoms with Crippen molar-refractivity contribution in [1.82, 2.24) is 10.1 Å². The third-order valence-corrected chi connectivity index (χ3v) is 4.73. The number of hydrogen-bond donors (Lipinski definition) is 2. The van der Waals surface area contributed by atoms with E-state index >= 15 is 0 Å². The predicted octanol–water partition coefficient (Wildman–Crippen LogP) is 2.39. The summed E-state index contributed by atoms with van der Waals surface area (Å²) < 4.78 is 16.1. The fourth-order valence-electron chi connectivity index (χ4n) is 2.82. The van der Waals surface area contributed by atoms with Crippen LogP contribution in [0.4, 0.5) is 5.69 Å². The van der Waals surface area contributed by atoms with Crippen molar-refractivity contribution in [3.05, 3.63) is 36.0 Å². The molecular weight excluding hydrogens is 372 g/mol. The summed E-state index contributed by atoms with van der Waals surface area (Å²) >= 11 is 0. The molecule has 1 aliphatic carbocycles. The molecular formula is C18H23ClN4O4. The number of amides is 1. The number of ether oxygens (including phenoxy) is 2. The number of halogens is 1. The Bertz CT molecular complexity index is 770. The zero-order chi connectivity index (χ0) is 18.0. The van der Waals surface area contributed by atoms with Gasteiger partial charge in [-0.15, -0.1) is 12.4 Å². The molecule has 1 amide bonds. The van der Waals surface area contributed by atoms with E-state index in [9.17, 15) is 4.79 Å². The standard InChI is InChI=1S/C18H22N4O4.ClH/c19-18(7-9-24-10-8-18)17(23)20-13-3-5-14(6-4-13)25-11-15-21-16(26-22-15)12-1-2-12;/h3-6,12H,1-2,7-11,19H2,(H,20,23);1H. The largest absolute Gasteiger partial charge is 0.485 e. The van der Waals surface area contributed by atoms with Gasteiger partial charge in [-0.1, -0.05) is 5.16 Å². The second-order valence-electron chi connectivity index (χ2n) is 6.86. The van der Waals surface area contributed by atoms with Gasteiger partial charge in [0.15, 0.2) is 6.61 Å². The Hall–Kier alpha value is -2.16. The highest BCUT2D eigenvalue weighted by molar-refractivity contribution is 5.98. The SMILES string of the molecule is Cl.NC1(C(=O)Nc2ccc(OCc3noc(C4CC4)n3)cc2)CCOCC1. The quantitative estimate of drug-likeness (QED) is 0.773. The Morgan fingerprint density at radius 1 is 1.26 bits per heavy atom. The van der Waals surface area contributed by atoms with Crippen LogP contribution in [-0.2, 0) is 16.1 Å². The van der Waals surface area contributed by atoms with Crippen LogP contribution in [-0.4, -0.2) is 34.8 Å². The number of rotatable bonds is 6. The van der Waals surface area contributed by atoms with Crippen molar-refractivity contribution in [2.75, 3.05) is 18.5 Å². The molecule has 0 bridgehead atoms. The fourth-order valence-corrected chi connectivity index (χ4v) is 2.82. The number of carbonyl (C=O) groups excluding carboxylic acids is 1.